The maximum atomic E-state index is 11.4. The maximum absolute atomic E-state index is 11.4. The summed E-state index contributed by atoms with van der Waals surface area (Å²) in [5, 5.41) is 2.60. The van der Waals surface area contributed by atoms with Crippen molar-refractivity contribution in [3.05, 3.63) is 33.2 Å². The molecule has 6 heteroatoms. The van der Waals surface area contributed by atoms with E-state index in [0.29, 0.717) is 18.7 Å². The van der Waals surface area contributed by atoms with E-state index in [-0.39, 0.29) is 10.9 Å². The van der Waals surface area contributed by atoms with E-state index in [1.54, 1.807) is 7.11 Å². The van der Waals surface area contributed by atoms with E-state index in [1.807, 2.05) is 0 Å². The number of carbonyl (C=O) groups excluding carboxylic acids is 1. The van der Waals surface area contributed by atoms with Gasteiger partial charge in [-0.15, -0.1) is 0 Å². The van der Waals surface area contributed by atoms with E-state index in [0.717, 1.165) is 0 Å². The third-order valence-electron chi connectivity index (χ3n) is 1.71. The van der Waals surface area contributed by atoms with Crippen molar-refractivity contribution in [1.82, 2.24) is 10.3 Å². The monoisotopic (exact) mass is 230 g/mol. The lowest BCUT2D eigenvalue weighted by Crippen LogP contribution is -2.27. The van der Waals surface area contributed by atoms with Crippen LogP contribution < -0.4 is 10.9 Å². The van der Waals surface area contributed by atoms with E-state index in [1.165, 1.54) is 12.3 Å². The highest BCUT2D eigenvalue weighted by Gasteiger charge is 2.06. The molecule has 5 nitrogen and oxygen atoms in total. The van der Waals surface area contributed by atoms with Crippen molar-refractivity contribution in [2.24, 2.45) is 0 Å². The zero-order valence-electron chi connectivity index (χ0n) is 8.17. The topological polar surface area (TPSA) is 71.2 Å². The molecule has 0 radical (unpaired) electrons. The third kappa shape index (κ3) is 3.38. The number of nitrogens with one attached hydrogen (secondary N) is 2. The van der Waals surface area contributed by atoms with Crippen LogP contribution in [0.5, 0.6) is 0 Å². The number of hydrogen-bond donors (Lipinski definition) is 2. The molecule has 1 heterocycles. The number of ether oxygens (including phenoxy) is 1. The van der Waals surface area contributed by atoms with Crippen molar-refractivity contribution in [2.75, 3.05) is 20.3 Å². The van der Waals surface area contributed by atoms with Crippen LogP contribution in [0.15, 0.2) is 17.1 Å². The molecule has 0 atom stereocenters. The molecule has 0 bridgehead atoms. The van der Waals surface area contributed by atoms with Gasteiger partial charge in [-0.3, -0.25) is 9.59 Å². The van der Waals surface area contributed by atoms with Gasteiger partial charge in [-0.25, -0.2) is 0 Å². The lowest BCUT2D eigenvalue weighted by molar-refractivity contribution is 0.0936. The van der Waals surface area contributed by atoms with Gasteiger partial charge >= 0.3 is 0 Å². The molecule has 0 aliphatic rings. The van der Waals surface area contributed by atoms with E-state index in [9.17, 15) is 9.59 Å². The molecule has 2 N–H and O–H groups in total. The number of aromatic nitrogens is 1. The molecule has 0 fully saturated rings. The fraction of sp³-hybridized carbons (Fsp3) is 0.333. The Hall–Kier alpha value is -1.33. The standard InChI is InChI=1S/C9H11ClN2O3/c1-15-3-2-11-8(13)6-4-7(10)9(14)12-5-6/h4-5H,2-3H2,1H3,(H,11,13)(H,12,14). The number of aromatic amines is 1. The average Bonchev–Trinajstić information content (AvgIpc) is 2.22. The molecule has 0 spiro atoms. The van der Waals surface area contributed by atoms with Gasteiger partial charge in [0.05, 0.1) is 12.2 Å². The molecule has 82 valence electrons. The molecule has 0 aliphatic heterocycles. The Morgan fingerprint density at radius 2 is 2.40 bits per heavy atom. The van der Waals surface area contributed by atoms with E-state index >= 15 is 0 Å². The second kappa shape index (κ2) is 5.53. The molecule has 0 aliphatic carbocycles. The van der Waals surface area contributed by atoms with Crippen LogP contribution in [-0.2, 0) is 4.74 Å². The average molecular weight is 231 g/mol. The number of H-pyrrole nitrogens is 1. The number of hydrogen-bond acceptors (Lipinski definition) is 3. The first-order valence-corrected chi connectivity index (χ1v) is 4.68. The van der Waals surface area contributed by atoms with Crippen molar-refractivity contribution in [3.8, 4) is 0 Å². The fourth-order valence-corrected chi connectivity index (χ4v) is 1.13. The minimum atomic E-state index is -0.412. The van der Waals surface area contributed by atoms with Gasteiger partial charge in [0.2, 0.25) is 0 Å². The van der Waals surface area contributed by atoms with Crippen molar-refractivity contribution in [1.29, 1.82) is 0 Å². The lowest BCUT2D eigenvalue weighted by atomic mass is 10.2. The van der Waals surface area contributed by atoms with Crippen molar-refractivity contribution in [3.63, 3.8) is 0 Å². The van der Waals surface area contributed by atoms with Gasteiger partial charge in [-0.1, -0.05) is 11.6 Å². The van der Waals surface area contributed by atoms with Crippen LogP contribution in [-0.4, -0.2) is 31.2 Å². The molecule has 1 aromatic heterocycles. The lowest BCUT2D eigenvalue weighted by Gasteiger charge is -2.03. The highest BCUT2D eigenvalue weighted by atomic mass is 35.5. The van der Waals surface area contributed by atoms with Crippen LogP contribution in [0.2, 0.25) is 5.02 Å². The third-order valence-corrected chi connectivity index (χ3v) is 1.99. The molecule has 0 saturated carbocycles. The fourth-order valence-electron chi connectivity index (χ4n) is 0.956. The highest BCUT2D eigenvalue weighted by Crippen LogP contribution is 2.03. The number of halogens is 1. The van der Waals surface area contributed by atoms with Crippen molar-refractivity contribution >= 4 is 17.5 Å². The van der Waals surface area contributed by atoms with Crippen LogP contribution >= 0.6 is 11.6 Å². The Labute approximate surface area is 91.4 Å². The quantitative estimate of drug-likeness (QED) is 0.736. The summed E-state index contributed by atoms with van der Waals surface area (Å²) in [6.45, 7) is 0.842. The molecule has 1 aromatic rings. The predicted octanol–water partition coefficient (Wildman–Crippen LogP) is 0.404. The number of methoxy groups -OCH3 is 1. The Kier molecular flexibility index (Phi) is 4.33. The van der Waals surface area contributed by atoms with Gasteiger partial charge in [0.15, 0.2) is 0 Å². The molecule has 0 aromatic carbocycles. The van der Waals surface area contributed by atoms with Gasteiger partial charge in [0.1, 0.15) is 5.02 Å². The first kappa shape index (κ1) is 11.7. The summed E-state index contributed by atoms with van der Waals surface area (Å²) in [6.07, 6.45) is 1.32. The molecular formula is C9H11ClN2O3. The first-order valence-electron chi connectivity index (χ1n) is 4.30. The molecule has 1 rings (SSSR count). The summed E-state index contributed by atoms with van der Waals surface area (Å²) in [5.41, 5.74) is -0.0965. The van der Waals surface area contributed by atoms with Crippen LogP contribution in [0.1, 0.15) is 10.4 Å². The molecule has 0 unspecified atom stereocenters. The summed E-state index contributed by atoms with van der Waals surface area (Å²) >= 11 is 5.57. The van der Waals surface area contributed by atoms with E-state index < -0.39 is 5.56 Å². The minimum absolute atomic E-state index is 0.00519. The summed E-state index contributed by atoms with van der Waals surface area (Å²) in [4.78, 5) is 24.7. The number of carbonyl (C=O) groups is 1. The smallest absolute Gasteiger partial charge is 0.266 e. The van der Waals surface area contributed by atoms with E-state index in [4.69, 9.17) is 16.3 Å². The van der Waals surface area contributed by atoms with Crippen molar-refractivity contribution in [2.45, 2.75) is 0 Å². The normalized spacial score (nSPS) is 10.0. The molecule has 1 amide bonds. The number of pyridine rings is 1. The summed E-state index contributed by atoms with van der Waals surface area (Å²) in [6, 6.07) is 1.32. The zero-order chi connectivity index (χ0) is 11.3. The predicted molar refractivity (Wildman–Crippen MR) is 56.3 cm³/mol. The summed E-state index contributed by atoms with van der Waals surface area (Å²) in [5.74, 6) is -0.301. The second-order valence-corrected chi connectivity index (χ2v) is 3.22. The van der Waals surface area contributed by atoms with Crippen LogP contribution in [0.3, 0.4) is 0 Å². The van der Waals surface area contributed by atoms with Gasteiger partial charge in [0, 0.05) is 19.9 Å². The largest absolute Gasteiger partial charge is 0.383 e. The van der Waals surface area contributed by atoms with Crippen molar-refractivity contribution < 1.29 is 9.53 Å². The maximum Gasteiger partial charge on any atom is 0.266 e. The van der Waals surface area contributed by atoms with Gasteiger partial charge < -0.3 is 15.0 Å². The Morgan fingerprint density at radius 3 is 3.00 bits per heavy atom. The van der Waals surface area contributed by atoms with Gasteiger partial charge in [-0.2, -0.15) is 0 Å². The second-order valence-electron chi connectivity index (χ2n) is 2.81. The minimum Gasteiger partial charge on any atom is -0.383 e. The molecule has 0 saturated heterocycles. The zero-order valence-corrected chi connectivity index (χ0v) is 8.93. The Balaban J connectivity index is 2.66. The van der Waals surface area contributed by atoms with Crippen LogP contribution in [0.4, 0.5) is 0 Å². The summed E-state index contributed by atoms with van der Waals surface area (Å²) < 4.78 is 4.77. The first-order chi connectivity index (χ1) is 7.15. The van der Waals surface area contributed by atoms with Gasteiger partial charge in [0.25, 0.3) is 11.5 Å². The molecular weight excluding hydrogens is 220 g/mol. The van der Waals surface area contributed by atoms with Gasteiger partial charge in [-0.05, 0) is 6.07 Å². The molecule has 15 heavy (non-hydrogen) atoms. The number of amides is 1. The van der Waals surface area contributed by atoms with Crippen LogP contribution in [0, 0.1) is 0 Å². The van der Waals surface area contributed by atoms with Crippen LogP contribution in [0.25, 0.3) is 0 Å². The SMILES string of the molecule is COCCNC(=O)c1c[nH]c(=O)c(Cl)c1. The summed E-state index contributed by atoms with van der Waals surface area (Å²) in [7, 11) is 1.54. The number of rotatable bonds is 4. The Morgan fingerprint density at radius 1 is 1.67 bits per heavy atom. The Bertz CT molecular complexity index is 403. The highest BCUT2D eigenvalue weighted by molar-refractivity contribution is 6.30. The van der Waals surface area contributed by atoms with E-state index in [2.05, 4.69) is 10.3 Å².